The Morgan fingerprint density at radius 3 is 1.39 bits per heavy atom. The van der Waals surface area contributed by atoms with Crippen molar-refractivity contribution >= 4 is 70.3 Å². The molecule has 0 heterocycles. The first-order valence-electron chi connectivity index (χ1n) is 5.03. The Labute approximate surface area is 199 Å². The first-order chi connectivity index (χ1) is 9.24. The van der Waals surface area contributed by atoms with Gasteiger partial charge in [-0.15, -0.1) is 24.0 Å². The van der Waals surface area contributed by atoms with Crippen LogP contribution in [-0.4, -0.2) is 55.7 Å². The third-order valence-electron chi connectivity index (χ3n) is 1.06. The number of rotatable bonds is 5. The number of aliphatic hydroxyl groups is 1. The maximum atomic E-state index is 9.92. The Balaban J connectivity index is -0.0000000309. The van der Waals surface area contributed by atoms with Crippen molar-refractivity contribution in [1.82, 2.24) is 0 Å². The molecule has 1 N–H and O–H groups in total. The molecule has 0 aromatic rings. The average Bonchev–Trinajstić information content (AvgIpc) is 2.42. The zero-order valence-corrected chi connectivity index (χ0v) is 20.9. The van der Waals surface area contributed by atoms with Gasteiger partial charge in [0.15, 0.2) is 11.6 Å². The second-order valence-corrected chi connectivity index (χ2v) is 3.70. The Kier molecular flexibility index (Phi) is 73.8. The Morgan fingerprint density at radius 2 is 1.35 bits per heavy atom. The molecule has 0 aromatic heterocycles. The molecule has 0 aliphatic rings. The number of carboxylic acids is 2. The summed E-state index contributed by atoms with van der Waals surface area (Å²) in [5.74, 6) is -5.36. The summed E-state index contributed by atoms with van der Waals surface area (Å²) < 4.78 is 0. The summed E-state index contributed by atoms with van der Waals surface area (Å²) >= 11 is 0. The predicted octanol–water partition coefficient (Wildman–Crippen LogP) is -8.78. The molecule has 23 heavy (non-hydrogen) atoms. The molecule has 8 nitrogen and oxygen atoms in total. The summed E-state index contributed by atoms with van der Waals surface area (Å²) in [6, 6.07) is 0. The van der Waals surface area contributed by atoms with Crippen molar-refractivity contribution in [2.45, 2.75) is 20.3 Å². The molecular weight excluding hydrogens is 463 g/mol. The van der Waals surface area contributed by atoms with Crippen LogP contribution < -0.4 is 69.3 Å². The van der Waals surface area contributed by atoms with Crippen LogP contribution in [-0.2, 0) is 24.0 Å². The molecular formula is C10H17BINa2O8P. The SMILES string of the molecule is C=O.CC(=O)C(=O)[O-].I.O=C([O-])C(=O)CCO.[B]PCC.[Na+].[Na+]. The van der Waals surface area contributed by atoms with Crippen LogP contribution in [0.4, 0.5) is 0 Å². The second-order valence-electron chi connectivity index (χ2n) is 2.59. The Bertz CT molecular complexity index is 297. The molecule has 0 rings (SSSR count). The minimum absolute atomic E-state index is 0. The van der Waals surface area contributed by atoms with Crippen LogP contribution in [0.1, 0.15) is 20.3 Å². The first kappa shape index (κ1) is 44.0. The number of carbonyl (C=O) groups excluding carboxylic acids is 5. The van der Waals surface area contributed by atoms with E-state index in [1.807, 2.05) is 6.79 Å². The number of Topliss-reactive ketones (excluding diaryl/α,β-unsaturated/α-hetero) is 2. The third-order valence-corrected chi connectivity index (χ3v) is 1.47. The molecule has 1 atom stereocenters. The molecule has 1 unspecified atom stereocenters. The maximum Gasteiger partial charge on any atom is 1.00 e. The molecule has 0 aliphatic heterocycles. The van der Waals surface area contributed by atoms with Crippen molar-refractivity contribution in [3.05, 3.63) is 0 Å². The molecule has 0 spiro atoms. The standard InChI is InChI=1S/C4H6O4.C3H4O3.C2H6BP.CH2O.HI.2Na/c5-2-1-3(6)4(7)8;1-2(4)3(5)6;1-2-4-3;1-2;;;/h5H,1-2H2,(H,7,8);1H3,(H,5,6);4H,2H2,1H3;1H2;1H;;/q;;;;;2*+1/p-2. The summed E-state index contributed by atoms with van der Waals surface area (Å²) in [5.41, 5.74) is 0. The van der Waals surface area contributed by atoms with Gasteiger partial charge in [-0.3, -0.25) is 9.59 Å². The van der Waals surface area contributed by atoms with Gasteiger partial charge in [0, 0.05) is 13.3 Å². The summed E-state index contributed by atoms with van der Waals surface area (Å²) in [4.78, 5) is 46.2. The minimum Gasteiger partial charge on any atom is -0.542 e. The van der Waals surface area contributed by atoms with Gasteiger partial charge in [-0.2, -0.15) is 8.46 Å². The van der Waals surface area contributed by atoms with E-state index in [0.29, 0.717) is 8.46 Å². The number of carboxylic acid groups (broad SMARTS) is 2. The van der Waals surface area contributed by atoms with Crippen LogP contribution in [0.5, 0.6) is 0 Å². The quantitative estimate of drug-likeness (QED) is 0.177. The van der Waals surface area contributed by atoms with Crippen LogP contribution in [0.3, 0.4) is 0 Å². The van der Waals surface area contributed by atoms with E-state index in [1.54, 1.807) is 0 Å². The number of hydrogen-bond donors (Lipinski definition) is 1. The van der Waals surface area contributed by atoms with Crippen LogP contribution in [0.2, 0.25) is 0 Å². The van der Waals surface area contributed by atoms with E-state index in [4.69, 9.17) is 17.5 Å². The number of aliphatic carboxylic acids is 2. The second kappa shape index (κ2) is 38.6. The summed E-state index contributed by atoms with van der Waals surface area (Å²) in [6.45, 7) is 4.57. The van der Waals surface area contributed by atoms with Crippen molar-refractivity contribution in [2.24, 2.45) is 0 Å². The van der Waals surface area contributed by atoms with Gasteiger partial charge in [0.25, 0.3) is 0 Å². The van der Waals surface area contributed by atoms with Gasteiger partial charge in [0.05, 0.1) is 6.61 Å². The van der Waals surface area contributed by atoms with Gasteiger partial charge in [0.1, 0.15) is 26.3 Å². The Hall–Kier alpha value is 1.13. The smallest absolute Gasteiger partial charge is 0.542 e. The molecule has 0 aliphatic carbocycles. The van der Waals surface area contributed by atoms with Crippen LogP contribution in [0, 0.1) is 0 Å². The largest absolute Gasteiger partial charge is 1.00 e. The molecule has 0 saturated carbocycles. The molecule has 0 bridgehead atoms. The van der Waals surface area contributed by atoms with Gasteiger partial charge in [-0.25, -0.2) is 0 Å². The number of aliphatic hydroxyl groups excluding tert-OH is 1. The fourth-order valence-corrected chi connectivity index (χ4v) is 0.204. The monoisotopic (exact) mass is 480 g/mol. The van der Waals surface area contributed by atoms with Crippen LogP contribution in [0.15, 0.2) is 0 Å². The van der Waals surface area contributed by atoms with Crippen LogP contribution in [0.25, 0.3) is 0 Å². The van der Waals surface area contributed by atoms with Gasteiger partial charge < -0.3 is 29.7 Å². The fourth-order valence-electron chi connectivity index (χ4n) is 0.204. The molecule has 2 radical (unpaired) electrons. The molecule has 13 heteroatoms. The third kappa shape index (κ3) is 59.9. The minimum atomic E-state index is -1.74. The zero-order chi connectivity index (χ0) is 17.1. The summed E-state index contributed by atoms with van der Waals surface area (Å²) in [5, 5.41) is 26.7. The van der Waals surface area contributed by atoms with E-state index in [1.165, 1.54) is 0 Å². The summed E-state index contributed by atoms with van der Waals surface area (Å²) in [6.07, 6.45) is 0.766. The zero-order valence-electron chi connectivity index (χ0n) is 13.6. The number of hydrogen-bond acceptors (Lipinski definition) is 8. The van der Waals surface area contributed by atoms with Crippen molar-refractivity contribution in [2.75, 3.05) is 12.8 Å². The number of carbonyl (C=O) groups is 5. The Morgan fingerprint density at radius 1 is 1.09 bits per heavy atom. The molecule has 0 amide bonds. The van der Waals surface area contributed by atoms with E-state index in [2.05, 4.69) is 6.92 Å². The van der Waals surface area contributed by atoms with Gasteiger partial charge in [0.2, 0.25) is 0 Å². The molecule has 122 valence electrons. The average molecular weight is 480 g/mol. The maximum absolute atomic E-state index is 9.92. The fraction of sp³-hybridized carbons (Fsp3) is 0.500. The van der Waals surface area contributed by atoms with E-state index < -0.39 is 30.1 Å². The first-order valence-corrected chi connectivity index (χ1v) is 6.32. The normalized spacial score (nSPS) is 6.91. The van der Waals surface area contributed by atoms with Crippen LogP contribution >= 0.6 is 32.4 Å². The number of halogens is 1. The van der Waals surface area contributed by atoms with Gasteiger partial charge >= 0.3 is 59.1 Å². The molecule has 0 saturated heterocycles. The van der Waals surface area contributed by atoms with Crippen molar-refractivity contribution in [3.8, 4) is 0 Å². The van der Waals surface area contributed by atoms with Gasteiger partial charge in [-0.05, 0) is 6.16 Å². The summed E-state index contributed by atoms with van der Waals surface area (Å²) in [7, 11) is 5.70. The molecule has 0 aromatic carbocycles. The van der Waals surface area contributed by atoms with E-state index in [9.17, 15) is 29.4 Å². The van der Waals surface area contributed by atoms with Gasteiger partial charge in [-0.1, -0.05) is 6.92 Å². The topological polar surface area (TPSA) is 152 Å². The van der Waals surface area contributed by atoms with Crippen molar-refractivity contribution < 1.29 is 98.4 Å². The van der Waals surface area contributed by atoms with E-state index in [0.717, 1.165) is 13.1 Å². The van der Waals surface area contributed by atoms with Crippen molar-refractivity contribution in [1.29, 1.82) is 0 Å². The number of ketones is 2. The van der Waals surface area contributed by atoms with E-state index >= 15 is 0 Å². The van der Waals surface area contributed by atoms with E-state index in [-0.39, 0.29) is 89.5 Å². The molecule has 0 fully saturated rings. The van der Waals surface area contributed by atoms with Crippen molar-refractivity contribution in [3.63, 3.8) is 0 Å². The predicted molar refractivity (Wildman–Crippen MR) is 84.6 cm³/mol.